The number of rotatable bonds is 3. The fourth-order valence-electron chi connectivity index (χ4n) is 2.58. The molecule has 1 aromatic rings. The Balaban J connectivity index is 0.00000180. The average Bonchev–Trinajstić information content (AvgIpc) is 2.79. The predicted molar refractivity (Wildman–Crippen MR) is 80.5 cm³/mol. The summed E-state index contributed by atoms with van der Waals surface area (Å²) in [6.07, 6.45) is 0.934. The van der Waals surface area contributed by atoms with Gasteiger partial charge in [0.2, 0.25) is 5.91 Å². The monoisotopic (exact) mass is 282 g/mol. The maximum Gasteiger partial charge on any atom is 0.229 e. The van der Waals surface area contributed by atoms with E-state index in [-0.39, 0.29) is 23.7 Å². The van der Waals surface area contributed by atoms with Crippen LogP contribution in [0.15, 0.2) is 24.3 Å². The van der Waals surface area contributed by atoms with Crippen LogP contribution in [0.4, 0.5) is 0 Å². The number of carbonyl (C=O) groups excluding carboxylic acids is 1. The SMILES string of the molecule is Cc1ccccc1CN(C)C(=O)C1(C)CCNC1.Cl. The second-order valence-corrected chi connectivity index (χ2v) is 5.58. The van der Waals surface area contributed by atoms with Gasteiger partial charge >= 0.3 is 0 Å². The Morgan fingerprint density at radius 2 is 2.11 bits per heavy atom. The lowest BCUT2D eigenvalue weighted by Gasteiger charge is -2.28. The van der Waals surface area contributed by atoms with Crippen molar-refractivity contribution in [2.45, 2.75) is 26.8 Å². The summed E-state index contributed by atoms with van der Waals surface area (Å²) >= 11 is 0. The molecule has 1 fully saturated rings. The molecule has 1 aromatic carbocycles. The van der Waals surface area contributed by atoms with Gasteiger partial charge in [-0.15, -0.1) is 12.4 Å². The van der Waals surface area contributed by atoms with E-state index in [9.17, 15) is 4.79 Å². The standard InChI is InChI=1S/C15H22N2O.ClH/c1-12-6-4-5-7-13(12)10-17(3)14(18)15(2)8-9-16-11-15;/h4-7,16H,8-11H2,1-3H3;1H. The zero-order valence-corrected chi connectivity index (χ0v) is 12.7. The zero-order valence-electron chi connectivity index (χ0n) is 11.9. The first-order chi connectivity index (χ1) is 8.53. The van der Waals surface area contributed by atoms with Crippen molar-refractivity contribution in [2.75, 3.05) is 20.1 Å². The largest absolute Gasteiger partial charge is 0.341 e. The molecule has 1 aliphatic heterocycles. The topological polar surface area (TPSA) is 32.3 Å². The molecule has 1 heterocycles. The Kier molecular flexibility index (Phi) is 5.39. The van der Waals surface area contributed by atoms with E-state index >= 15 is 0 Å². The van der Waals surface area contributed by atoms with Crippen molar-refractivity contribution in [1.29, 1.82) is 0 Å². The molecule has 19 heavy (non-hydrogen) atoms. The van der Waals surface area contributed by atoms with Crippen molar-refractivity contribution in [2.24, 2.45) is 5.41 Å². The van der Waals surface area contributed by atoms with Crippen LogP contribution >= 0.6 is 12.4 Å². The normalized spacial score (nSPS) is 21.8. The first-order valence-electron chi connectivity index (χ1n) is 6.54. The van der Waals surface area contributed by atoms with E-state index in [2.05, 4.69) is 31.3 Å². The fourth-order valence-corrected chi connectivity index (χ4v) is 2.58. The van der Waals surface area contributed by atoms with E-state index in [1.807, 2.05) is 24.1 Å². The Morgan fingerprint density at radius 1 is 1.42 bits per heavy atom. The van der Waals surface area contributed by atoms with Gasteiger partial charge in [0.1, 0.15) is 0 Å². The first kappa shape index (κ1) is 16.0. The summed E-state index contributed by atoms with van der Waals surface area (Å²) in [5.74, 6) is 0.246. The molecule has 1 saturated heterocycles. The number of amides is 1. The van der Waals surface area contributed by atoms with Crippen LogP contribution in [-0.4, -0.2) is 30.9 Å². The fraction of sp³-hybridized carbons (Fsp3) is 0.533. The Morgan fingerprint density at radius 3 is 2.68 bits per heavy atom. The lowest BCUT2D eigenvalue weighted by Crippen LogP contribution is -2.41. The molecular weight excluding hydrogens is 260 g/mol. The third kappa shape index (κ3) is 3.48. The highest BCUT2D eigenvalue weighted by atomic mass is 35.5. The van der Waals surface area contributed by atoms with Gasteiger partial charge < -0.3 is 10.2 Å². The molecular formula is C15H23ClN2O. The lowest BCUT2D eigenvalue weighted by molar-refractivity contribution is -0.139. The van der Waals surface area contributed by atoms with Crippen LogP contribution in [0, 0.1) is 12.3 Å². The van der Waals surface area contributed by atoms with E-state index in [1.54, 1.807) is 0 Å². The molecule has 0 spiro atoms. The molecule has 1 aliphatic rings. The number of halogens is 1. The highest BCUT2D eigenvalue weighted by Gasteiger charge is 2.38. The molecule has 0 radical (unpaired) electrons. The number of benzene rings is 1. The summed E-state index contributed by atoms with van der Waals surface area (Å²) in [7, 11) is 1.90. The molecule has 1 unspecified atom stereocenters. The Hall–Kier alpha value is -1.06. The van der Waals surface area contributed by atoms with Crippen molar-refractivity contribution in [3.63, 3.8) is 0 Å². The van der Waals surface area contributed by atoms with Crippen LogP contribution in [0.1, 0.15) is 24.5 Å². The van der Waals surface area contributed by atoms with Gasteiger partial charge in [-0.05, 0) is 37.9 Å². The van der Waals surface area contributed by atoms with Crippen molar-refractivity contribution in [3.8, 4) is 0 Å². The summed E-state index contributed by atoms with van der Waals surface area (Å²) in [6, 6.07) is 8.24. The molecule has 106 valence electrons. The second kappa shape index (κ2) is 6.40. The van der Waals surface area contributed by atoms with Crippen LogP contribution in [-0.2, 0) is 11.3 Å². The van der Waals surface area contributed by atoms with E-state index in [0.29, 0.717) is 6.54 Å². The van der Waals surface area contributed by atoms with Crippen molar-refractivity contribution >= 4 is 18.3 Å². The van der Waals surface area contributed by atoms with E-state index < -0.39 is 0 Å². The van der Waals surface area contributed by atoms with Gasteiger partial charge in [0, 0.05) is 20.1 Å². The predicted octanol–water partition coefficient (Wildman–Crippen LogP) is 2.37. The smallest absolute Gasteiger partial charge is 0.229 e. The first-order valence-corrected chi connectivity index (χ1v) is 6.54. The van der Waals surface area contributed by atoms with Crippen LogP contribution in [0.5, 0.6) is 0 Å². The maximum atomic E-state index is 12.5. The summed E-state index contributed by atoms with van der Waals surface area (Å²) < 4.78 is 0. The van der Waals surface area contributed by atoms with Crippen molar-refractivity contribution in [1.82, 2.24) is 10.2 Å². The van der Waals surface area contributed by atoms with Crippen LogP contribution in [0.2, 0.25) is 0 Å². The van der Waals surface area contributed by atoms with Gasteiger partial charge in [0.05, 0.1) is 5.41 Å². The van der Waals surface area contributed by atoms with E-state index in [1.165, 1.54) is 11.1 Å². The van der Waals surface area contributed by atoms with Gasteiger partial charge in [-0.1, -0.05) is 24.3 Å². The second-order valence-electron chi connectivity index (χ2n) is 5.58. The molecule has 0 bridgehead atoms. The van der Waals surface area contributed by atoms with Gasteiger partial charge in [-0.3, -0.25) is 4.79 Å². The molecule has 0 aromatic heterocycles. The number of nitrogens with one attached hydrogen (secondary N) is 1. The summed E-state index contributed by atoms with van der Waals surface area (Å²) in [4.78, 5) is 14.3. The van der Waals surface area contributed by atoms with Crippen LogP contribution in [0.3, 0.4) is 0 Å². The summed E-state index contributed by atoms with van der Waals surface area (Å²) in [6.45, 7) is 6.58. The highest BCUT2D eigenvalue weighted by Crippen LogP contribution is 2.27. The molecule has 0 saturated carbocycles. The van der Waals surface area contributed by atoms with Crippen LogP contribution < -0.4 is 5.32 Å². The van der Waals surface area contributed by atoms with Gasteiger partial charge in [-0.25, -0.2) is 0 Å². The number of hydrogen-bond donors (Lipinski definition) is 1. The van der Waals surface area contributed by atoms with Gasteiger partial charge in [-0.2, -0.15) is 0 Å². The number of carbonyl (C=O) groups is 1. The maximum absolute atomic E-state index is 12.5. The average molecular weight is 283 g/mol. The molecule has 0 aliphatic carbocycles. The highest BCUT2D eigenvalue weighted by molar-refractivity contribution is 5.85. The number of nitrogens with zero attached hydrogens (tertiary/aromatic N) is 1. The Labute approximate surface area is 121 Å². The number of aryl methyl sites for hydroxylation is 1. The van der Waals surface area contributed by atoms with Crippen molar-refractivity contribution < 1.29 is 4.79 Å². The summed E-state index contributed by atoms with van der Waals surface area (Å²) in [5.41, 5.74) is 2.24. The van der Waals surface area contributed by atoms with Gasteiger partial charge in [0.15, 0.2) is 0 Å². The van der Waals surface area contributed by atoms with E-state index in [0.717, 1.165) is 19.5 Å². The Bertz CT molecular complexity index is 442. The lowest BCUT2D eigenvalue weighted by atomic mass is 9.88. The third-order valence-corrected chi connectivity index (χ3v) is 3.90. The molecule has 3 nitrogen and oxygen atoms in total. The summed E-state index contributed by atoms with van der Waals surface area (Å²) in [5, 5.41) is 3.28. The minimum Gasteiger partial charge on any atom is -0.341 e. The molecule has 1 amide bonds. The van der Waals surface area contributed by atoms with E-state index in [4.69, 9.17) is 0 Å². The quantitative estimate of drug-likeness (QED) is 0.923. The minimum absolute atomic E-state index is 0. The molecule has 2 rings (SSSR count). The van der Waals surface area contributed by atoms with Gasteiger partial charge in [0.25, 0.3) is 0 Å². The molecule has 1 N–H and O–H groups in total. The van der Waals surface area contributed by atoms with Crippen LogP contribution in [0.25, 0.3) is 0 Å². The molecule has 4 heteroatoms. The minimum atomic E-state index is -0.225. The molecule has 1 atom stereocenters. The zero-order chi connectivity index (χ0) is 13.2. The third-order valence-electron chi connectivity index (χ3n) is 3.90. The number of hydrogen-bond acceptors (Lipinski definition) is 2. The van der Waals surface area contributed by atoms with Crippen molar-refractivity contribution in [3.05, 3.63) is 35.4 Å².